The Hall–Kier alpha value is -1.35. The van der Waals surface area contributed by atoms with Crippen molar-refractivity contribution in [2.45, 2.75) is 51.5 Å². The van der Waals surface area contributed by atoms with Gasteiger partial charge in [0.25, 0.3) is 0 Å². The minimum atomic E-state index is 0.189. The third kappa shape index (κ3) is 2.88. The Morgan fingerprint density at radius 1 is 1.30 bits per heavy atom. The highest BCUT2D eigenvalue weighted by atomic mass is 15.1. The van der Waals surface area contributed by atoms with E-state index in [9.17, 15) is 0 Å². The van der Waals surface area contributed by atoms with Gasteiger partial charge in [0.05, 0.1) is 11.0 Å². The zero-order valence-electron chi connectivity index (χ0n) is 13.0. The Kier molecular flexibility index (Phi) is 3.33. The molecule has 0 spiro atoms. The molecule has 0 bridgehead atoms. The van der Waals surface area contributed by atoms with Crippen LogP contribution in [-0.4, -0.2) is 21.6 Å². The molecule has 3 heteroatoms. The van der Waals surface area contributed by atoms with Gasteiger partial charge in [-0.2, -0.15) is 0 Å². The van der Waals surface area contributed by atoms with E-state index in [2.05, 4.69) is 55.9 Å². The van der Waals surface area contributed by atoms with Crippen molar-refractivity contribution in [2.75, 3.05) is 6.54 Å². The molecule has 0 amide bonds. The van der Waals surface area contributed by atoms with Crippen LogP contribution >= 0.6 is 0 Å². The molecule has 3 nitrogen and oxygen atoms in total. The number of benzene rings is 1. The second-order valence-corrected chi connectivity index (χ2v) is 7.05. The maximum Gasteiger partial charge on any atom is 0.112 e. The summed E-state index contributed by atoms with van der Waals surface area (Å²) in [6, 6.07) is 6.72. The van der Waals surface area contributed by atoms with E-state index >= 15 is 0 Å². The molecule has 20 heavy (non-hydrogen) atoms. The molecule has 1 N–H and O–H groups in total. The van der Waals surface area contributed by atoms with Crippen LogP contribution in [-0.2, 0) is 13.5 Å². The Labute approximate surface area is 121 Å². The largest absolute Gasteiger partial charge is 0.331 e. The standard InChI is InChI=1S/C17H25N3/c1-17(2,3)18-10-9-12-5-8-15-14(11-12)19-16(20(15)4)13-6-7-13/h5,8,11,13,18H,6-7,9-10H2,1-4H3. The van der Waals surface area contributed by atoms with Crippen LogP contribution in [0.2, 0.25) is 0 Å². The van der Waals surface area contributed by atoms with Gasteiger partial charge in [0.1, 0.15) is 5.82 Å². The molecule has 0 atom stereocenters. The summed E-state index contributed by atoms with van der Waals surface area (Å²) in [5.41, 5.74) is 3.98. The Bertz CT molecular complexity index is 615. The quantitative estimate of drug-likeness (QED) is 0.924. The molecule has 1 aliphatic rings. The van der Waals surface area contributed by atoms with Crippen molar-refractivity contribution in [1.29, 1.82) is 0 Å². The van der Waals surface area contributed by atoms with E-state index in [1.54, 1.807) is 0 Å². The van der Waals surface area contributed by atoms with Crippen molar-refractivity contribution in [3.05, 3.63) is 29.6 Å². The summed E-state index contributed by atoms with van der Waals surface area (Å²) in [4.78, 5) is 4.83. The molecule has 1 aliphatic carbocycles. The predicted octanol–water partition coefficient (Wildman–Crippen LogP) is 3.38. The number of fused-ring (bicyclic) bond motifs is 1. The van der Waals surface area contributed by atoms with Crippen LogP contribution in [0.3, 0.4) is 0 Å². The average Bonchev–Trinajstić information content (AvgIpc) is 3.14. The number of imidazole rings is 1. The highest BCUT2D eigenvalue weighted by Gasteiger charge is 2.28. The van der Waals surface area contributed by atoms with Crippen LogP contribution in [0.1, 0.15) is 50.9 Å². The summed E-state index contributed by atoms with van der Waals surface area (Å²) in [5, 5.41) is 3.54. The van der Waals surface area contributed by atoms with Gasteiger partial charge in [0, 0.05) is 18.5 Å². The smallest absolute Gasteiger partial charge is 0.112 e. The Morgan fingerprint density at radius 2 is 2.05 bits per heavy atom. The molecule has 0 unspecified atom stereocenters. The summed E-state index contributed by atoms with van der Waals surface area (Å²) >= 11 is 0. The Morgan fingerprint density at radius 3 is 2.70 bits per heavy atom. The van der Waals surface area contributed by atoms with E-state index < -0.39 is 0 Å². The van der Waals surface area contributed by atoms with Gasteiger partial charge in [-0.05, 0) is 64.3 Å². The maximum atomic E-state index is 4.83. The molecule has 1 saturated carbocycles. The second kappa shape index (κ2) is 4.88. The molecule has 1 aromatic heterocycles. The van der Waals surface area contributed by atoms with Crippen molar-refractivity contribution in [1.82, 2.24) is 14.9 Å². The van der Waals surface area contributed by atoms with Crippen LogP contribution in [0.5, 0.6) is 0 Å². The molecule has 1 aromatic carbocycles. The second-order valence-electron chi connectivity index (χ2n) is 7.05. The third-order valence-electron chi connectivity index (χ3n) is 3.99. The van der Waals surface area contributed by atoms with E-state index in [4.69, 9.17) is 4.98 Å². The topological polar surface area (TPSA) is 29.9 Å². The van der Waals surface area contributed by atoms with E-state index in [-0.39, 0.29) is 5.54 Å². The zero-order chi connectivity index (χ0) is 14.3. The summed E-state index contributed by atoms with van der Waals surface area (Å²) in [6.07, 6.45) is 3.67. The molecule has 0 saturated heterocycles. The van der Waals surface area contributed by atoms with Gasteiger partial charge in [-0.15, -0.1) is 0 Å². The zero-order valence-corrected chi connectivity index (χ0v) is 13.0. The summed E-state index contributed by atoms with van der Waals surface area (Å²) in [7, 11) is 2.14. The number of aromatic nitrogens is 2. The monoisotopic (exact) mass is 271 g/mol. The van der Waals surface area contributed by atoms with E-state index in [0.717, 1.165) is 18.5 Å². The van der Waals surface area contributed by atoms with Gasteiger partial charge < -0.3 is 9.88 Å². The number of hydrogen-bond acceptors (Lipinski definition) is 2. The van der Waals surface area contributed by atoms with Crippen molar-refractivity contribution >= 4 is 11.0 Å². The maximum absolute atomic E-state index is 4.83. The SMILES string of the molecule is Cn1c(C2CC2)nc2cc(CCNC(C)(C)C)ccc21. The van der Waals surface area contributed by atoms with Gasteiger partial charge in [-0.3, -0.25) is 0 Å². The van der Waals surface area contributed by atoms with E-state index in [1.807, 2.05) is 0 Å². The highest BCUT2D eigenvalue weighted by molar-refractivity contribution is 5.77. The lowest BCUT2D eigenvalue weighted by atomic mass is 10.1. The minimum Gasteiger partial charge on any atom is -0.331 e. The number of aryl methyl sites for hydroxylation is 1. The first-order chi connectivity index (χ1) is 9.44. The molecule has 3 rings (SSSR count). The van der Waals surface area contributed by atoms with E-state index in [1.165, 1.54) is 29.7 Å². The molecule has 108 valence electrons. The van der Waals surface area contributed by atoms with Crippen molar-refractivity contribution in [3.8, 4) is 0 Å². The number of hydrogen-bond donors (Lipinski definition) is 1. The molecular weight excluding hydrogens is 246 g/mol. The number of nitrogens with one attached hydrogen (secondary N) is 1. The third-order valence-corrected chi connectivity index (χ3v) is 3.99. The number of nitrogens with zero attached hydrogens (tertiary/aromatic N) is 2. The first kappa shape index (κ1) is 13.6. The molecular formula is C17H25N3. The normalized spacial score (nSPS) is 16.0. The van der Waals surface area contributed by atoms with Crippen LogP contribution in [0, 0.1) is 0 Å². The van der Waals surface area contributed by atoms with Crippen LogP contribution < -0.4 is 5.32 Å². The molecule has 1 heterocycles. The van der Waals surface area contributed by atoms with Gasteiger partial charge in [-0.1, -0.05) is 6.07 Å². The fourth-order valence-electron chi connectivity index (χ4n) is 2.71. The fourth-order valence-corrected chi connectivity index (χ4v) is 2.71. The Balaban J connectivity index is 1.77. The first-order valence-corrected chi connectivity index (χ1v) is 7.64. The van der Waals surface area contributed by atoms with E-state index in [0.29, 0.717) is 5.92 Å². The lowest BCUT2D eigenvalue weighted by Gasteiger charge is -2.20. The summed E-state index contributed by atoms with van der Waals surface area (Å²) in [6.45, 7) is 7.63. The van der Waals surface area contributed by atoms with Crippen LogP contribution in [0.15, 0.2) is 18.2 Å². The summed E-state index contributed by atoms with van der Waals surface area (Å²) < 4.78 is 2.27. The number of rotatable bonds is 4. The highest BCUT2D eigenvalue weighted by Crippen LogP contribution is 2.40. The van der Waals surface area contributed by atoms with Crippen molar-refractivity contribution in [2.24, 2.45) is 7.05 Å². The fraction of sp³-hybridized carbons (Fsp3) is 0.588. The van der Waals surface area contributed by atoms with Gasteiger partial charge >= 0.3 is 0 Å². The predicted molar refractivity (Wildman–Crippen MR) is 84.1 cm³/mol. The molecule has 2 aromatic rings. The molecule has 0 aliphatic heterocycles. The van der Waals surface area contributed by atoms with Gasteiger partial charge in [-0.25, -0.2) is 4.98 Å². The minimum absolute atomic E-state index is 0.189. The van der Waals surface area contributed by atoms with Crippen LogP contribution in [0.25, 0.3) is 11.0 Å². The lowest BCUT2D eigenvalue weighted by Crippen LogP contribution is -2.37. The lowest BCUT2D eigenvalue weighted by molar-refractivity contribution is 0.429. The molecule has 1 fully saturated rings. The summed E-state index contributed by atoms with van der Waals surface area (Å²) in [5.74, 6) is 1.98. The first-order valence-electron chi connectivity index (χ1n) is 7.64. The molecule has 0 radical (unpaired) electrons. The van der Waals surface area contributed by atoms with Crippen LogP contribution in [0.4, 0.5) is 0 Å². The van der Waals surface area contributed by atoms with Crippen molar-refractivity contribution < 1.29 is 0 Å². The van der Waals surface area contributed by atoms with Gasteiger partial charge in [0.2, 0.25) is 0 Å². The van der Waals surface area contributed by atoms with Crippen molar-refractivity contribution in [3.63, 3.8) is 0 Å². The average molecular weight is 271 g/mol. The van der Waals surface area contributed by atoms with Gasteiger partial charge in [0.15, 0.2) is 0 Å².